The number of carboxylic acids is 1. The number of halogens is 1. The summed E-state index contributed by atoms with van der Waals surface area (Å²) in [7, 11) is 0. The van der Waals surface area contributed by atoms with Crippen molar-refractivity contribution in [2.75, 3.05) is 6.54 Å². The fourth-order valence-electron chi connectivity index (χ4n) is 2.67. The molecule has 0 unspecified atom stereocenters. The van der Waals surface area contributed by atoms with E-state index in [1.54, 1.807) is 18.2 Å². The molecule has 1 aliphatic rings. The predicted molar refractivity (Wildman–Crippen MR) is 90.7 cm³/mol. The van der Waals surface area contributed by atoms with E-state index in [-0.39, 0.29) is 53.1 Å². The maximum absolute atomic E-state index is 11.7. The van der Waals surface area contributed by atoms with Crippen LogP contribution in [0.1, 0.15) is 34.1 Å². The molecule has 1 aromatic carbocycles. The van der Waals surface area contributed by atoms with Crippen LogP contribution in [0.15, 0.2) is 24.3 Å². The zero-order chi connectivity index (χ0) is 15.9. The Kier molecular flexibility index (Phi) is 9.29. The summed E-state index contributed by atoms with van der Waals surface area (Å²) < 4.78 is 5.13. The minimum Gasteiger partial charge on any atom is -1.00 e. The smallest absolute Gasteiger partial charge is 1.00 e. The summed E-state index contributed by atoms with van der Waals surface area (Å²) in [6.45, 7) is 0.707. The van der Waals surface area contributed by atoms with Gasteiger partial charge < -0.3 is 18.0 Å². The van der Waals surface area contributed by atoms with Gasteiger partial charge in [0.05, 0.1) is 5.92 Å². The third-order valence-electron chi connectivity index (χ3n) is 3.99. The number of hydrogen-bond donors (Lipinski definition) is 2. The van der Waals surface area contributed by atoms with Gasteiger partial charge in [0.15, 0.2) is 0 Å². The van der Waals surface area contributed by atoms with Crippen LogP contribution in [-0.4, -0.2) is 61.5 Å². The molecule has 7 heteroatoms. The second-order valence-corrected chi connectivity index (χ2v) is 6.08. The molecule has 0 atom stereocenters. The van der Waals surface area contributed by atoms with Gasteiger partial charge in [0.25, 0.3) is 0 Å². The van der Waals surface area contributed by atoms with Gasteiger partial charge in [-0.25, -0.2) is 4.79 Å². The minimum absolute atomic E-state index is 0. The molecule has 5 nitrogen and oxygen atoms in total. The van der Waals surface area contributed by atoms with Crippen LogP contribution in [0.5, 0.6) is 0 Å². The van der Waals surface area contributed by atoms with Crippen molar-refractivity contribution >= 4 is 61.4 Å². The number of benzene rings is 1. The zero-order valence-electron chi connectivity index (χ0n) is 15.0. The number of carboxylic acid groups (broad SMARTS) is 1. The van der Waals surface area contributed by atoms with Gasteiger partial charge in [0.2, 0.25) is 0 Å². The second kappa shape index (κ2) is 10.4. The summed E-state index contributed by atoms with van der Waals surface area (Å²) in [5, 5.41) is 12.3. The Morgan fingerprint density at radius 1 is 1.30 bits per heavy atom. The Labute approximate surface area is 173 Å². The van der Waals surface area contributed by atoms with Gasteiger partial charge in [-0.05, 0) is 49.3 Å². The van der Waals surface area contributed by atoms with Gasteiger partial charge in [0, 0.05) is 11.6 Å². The SMILES string of the molecule is O=C(NCC1CCC(C(=O)O)CC1)OCc1cccc(Cl)c1.[Ca+2].[H-].[H-]. The normalized spacial score (nSPS) is 20.2. The minimum atomic E-state index is -0.715. The third-order valence-corrected chi connectivity index (χ3v) is 4.23. The summed E-state index contributed by atoms with van der Waals surface area (Å²) >= 11 is 5.86. The largest absolute Gasteiger partial charge is 2.00 e. The monoisotopic (exact) mass is 367 g/mol. The predicted octanol–water partition coefficient (Wildman–Crippen LogP) is 3.30. The van der Waals surface area contributed by atoms with Crippen LogP contribution < -0.4 is 5.32 Å². The summed E-state index contributed by atoms with van der Waals surface area (Å²) in [4.78, 5) is 22.5. The van der Waals surface area contributed by atoms with Gasteiger partial charge in [-0.3, -0.25) is 4.79 Å². The number of rotatable bonds is 5. The van der Waals surface area contributed by atoms with Crippen molar-refractivity contribution in [3.05, 3.63) is 34.9 Å². The first kappa shape index (κ1) is 20.6. The summed E-state index contributed by atoms with van der Waals surface area (Å²) in [6, 6.07) is 7.16. The van der Waals surface area contributed by atoms with Crippen molar-refractivity contribution in [2.45, 2.75) is 32.3 Å². The average Bonchev–Trinajstić information content (AvgIpc) is 2.51. The molecular formula is C16H22CaClNO4. The molecule has 1 aromatic rings. The van der Waals surface area contributed by atoms with E-state index in [0.29, 0.717) is 30.3 Å². The third kappa shape index (κ3) is 7.29. The van der Waals surface area contributed by atoms with E-state index in [1.165, 1.54) is 0 Å². The van der Waals surface area contributed by atoms with Crippen molar-refractivity contribution in [1.29, 1.82) is 0 Å². The number of alkyl carbamates (subject to hydrolysis) is 1. The Morgan fingerprint density at radius 2 is 2.00 bits per heavy atom. The van der Waals surface area contributed by atoms with E-state index in [2.05, 4.69) is 5.32 Å². The van der Waals surface area contributed by atoms with E-state index in [0.717, 1.165) is 18.4 Å². The molecule has 0 aromatic heterocycles. The number of ether oxygens (including phenoxy) is 1. The molecule has 0 radical (unpaired) electrons. The fourth-order valence-corrected chi connectivity index (χ4v) is 2.88. The van der Waals surface area contributed by atoms with Gasteiger partial charge in [-0.15, -0.1) is 0 Å². The molecule has 1 amide bonds. The van der Waals surface area contributed by atoms with Gasteiger partial charge in [-0.2, -0.15) is 0 Å². The summed E-state index contributed by atoms with van der Waals surface area (Å²) in [5.41, 5.74) is 0.838. The quantitative estimate of drug-likeness (QED) is 0.783. The molecule has 0 spiro atoms. The zero-order valence-corrected chi connectivity index (χ0v) is 15.9. The number of carbonyl (C=O) groups excluding carboxylic acids is 1. The summed E-state index contributed by atoms with van der Waals surface area (Å²) in [5.74, 6) is -0.618. The fraction of sp³-hybridized carbons (Fsp3) is 0.500. The van der Waals surface area contributed by atoms with Crippen molar-refractivity contribution in [1.82, 2.24) is 5.32 Å². The number of hydrogen-bond acceptors (Lipinski definition) is 3. The second-order valence-electron chi connectivity index (χ2n) is 5.64. The molecule has 124 valence electrons. The number of amides is 1. The molecule has 0 heterocycles. The summed E-state index contributed by atoms with van der Waals surface area (Å²) in [6.07, 6.45) is 2.55. The standard InChI is InChI=1S/C16H20ClNO4.Ca.2H/c17-14-3-1-2-12(8-14)10-22-16(21)18-9-11-4-6-13(7-5-11)15(19)20;;;/h1-3,8,11,13H,4-7,9-10H2,(H,18,21)(H,19,20);;;/q;+2;2*-1. The van der Waals surface area contributed by atoms with E-state index in [4.69, 9.17) is 21.4 Å². The van der Waals surface area contributed by atoms with Gasteiger partial charge >= 0.3 is 49.8 Å². The van der Waals surface area contributed by atoms with Crippen LogP contribution in [0.3, 0.4) is 0 Å². The van der Waals surface area contributed by atoms with E-state index >= 15 is 0 Å². The van der Waals surface area contributed by atoms with Crippen LogP contribution in [0.25, 0.3) is 0 Å². The van der Waals surface area contributed by atoms with Crippen molar-refractivity contribution < 1.29 is 22.3 Å². The van der Waals surface area contributed by atoms with Crippen LogP contribution in [0, 0.1) is 11.8 Å². The number of nitrogens with one attached hydrogen (secondary N) is 1. The van der Waals surface area contributed by atoms with Crippen LogP contribution in [0.4, 0.5) is 4.79 Å². The van der Waals surface area contributed by atoms with Crippen LogP contribution >= 0.6 is 11.6 Å². The first-order valence-corrected chi connectivity index (χ1v) is 7.80. The van der Waals surface area contributed by atoms with Crippen molar-refractivity contribution in [3.63, 3.8) is 0 Å². The van der Waals surface area contributed by atoms with Crippen LogP contribution in [0.2, 0.25) is 5.02 Å². The molecule has 1 saturated carbocycles. The Hall–Kier alpha value is -0.490. The van der Waals surface area contributed by atoms with Gasteiger partial charge in [-0.1, -0.05) is 23.7 Å². The molecule has 0 saturated heterocycles. The molecule has 23 heavy (non-hydrogen) atoms. The maximum Gasteiger partial charge on any atom is 2.00 e. The van der Waals surface area contributed by atoms with Crippen molar-refractivity contribution in [2.24, 2.45) is 11.8 Å². The molecule has 2 rings (SSSR count). The van der Waals surface area contributed by atoms with E-state index in [1.807, 2.05) is 6.07 Å². The Bertz CT molecular complexity index is 543. The molecule has 0 aliphatic heterocycles. The Balaban J connectivity index is 0. The first-order valence-electron chi connectivity index (χ1n) is 7.42. The maximum atomic E-state index is 11.7. The first-order chi connectivity index (χ1) is 10.5. The van der Waals surface area contributed by atoms with E-state index in [9.17, 15) is 9.59 Å². The van der Waals surface area contributed by atoms with Crippen molar-refractivity contribution in [3.8, 4) is 0 Å². The molecule has 2 N–H and O–H groups in total. The number of carbonyl (C=O) groups is 2. The molecule has 1 fully saturated rings. The topological polar surface area (TPSA) is 75.6 Å². The Morgan fingerprint density at radius 3 is 2.61 bits per heavy atom. The molecular weight excluding hydrogens is 346 g/mol. The average molecular weight is 368 g/mol. The van der Waals surface area contributed by atoms with E-state index < -0.39 is 12.1 Å². The number of aliphatic carboxylic acids is 1. The molecule has 0 bridgehead atoms. The van der Waals surface area contributed by atoms with Gasteiger partial charge in [0.1, 0.15) is 6.61 Å². The van der Waals surface area contributed by atoms with Crippen LogP contribution in [-0.2, 0) is 16.1 Å². The molecule has 1 aliphatic carbocycles.